The van der Waals surface area contributed by atoms with Gasteiger partial charge in [0.15, 0.2) is 16.8 Å². The van der Waals surface area contributed by atoms with E-state index in [-0.39, 0.29) is 24.1 Å². The zero-order chi connectivity index (χ0) is 48.2. The first kappa shape index (κ1) is 50.7. The summed E-state index contributed by atoms with van der Waals surface area (Å²) in [4.78, 5) is 61.9. The number of H-pyrrole nitrogens is 1. The third-order valence-electron chi connectivity index (χ3n) is 10.1. The number of anilines is 3. The molecule has 11 N–H and O–H groups in total. The van der Waals surface area contributed by atoms with Crippen molar-refractivity contribution in [2.75, 3.05) is 49.3 Å². The number of hydrogen-bond acceptors (Lipinski definition) is 15. The number of nitrogens with one attached hydrogen (secondary N) is 5. The van der Waals surface area contributed by atoms with E-state index in [0.717, 1.165) is 76.7 Å². The van der Waals surface area contributed by atoms with E-state index in [0.29, 0.717) is 53.8 Å². The van der Waals surface area contributed by atoms with Crippen LogP contribution in [0.4, 0.5) is 26.9 Å². The maximum atomic E-state index is 11.9. The van der Waals surface area contributed by atoms with Gasteiger partial charge in [0, 0.05) is 80.3 Å². The van der Waals surface area contributed by atoms with Crippen LogP contribution in [0.1, 0.15) is 109 Å². The zero-order valence-corrected chi connectivity index (χ0v) is 39.4. The van der Waals surface area contributed by atoms with E-state index in [1.54, 1.807) is 65.7 Å². The number of ether oxygens (including phenoxy) is 2. The topological polar surface area (TPSA) is 303 Å². The standard InChI is InChI=1S/C21H26N6O3.C17H22N4O2.C7H13N3O2S/c1-4-22-20(28)27-19-25-15-9-12(13-10-23-18(24-11-13)21(2,3)29)8-14(17(15)26-19)16-6-5-7-30-16;1-17(2,22)16-20-8-11(9-21-16)10-6-12(14-4-3-5-23-14)15(19)13(18)7-10;1-4-8-6(12)10-7(13-3)9-5(2)11/h8-11,16,29H,4-7H2,1-3H3,(H3,22,25,26,27,28);6-9,14,22H,3-5,18-19H2,1-2H3;4H2,1-3H3,(H2,8,9,10,11,12). The number of aliphatic imine (C=N–C) groups is 1. The molecule has 0 saturated carbocycles. The molecule has 7 rings (SSSR count). The van der Waals surface area contributed by atoms with Crippen molar-refractivity contribution in [2.24, 2.45) is 4.99 Å². The Kier molecular flexibility index (Phi) is 17.5. The number of amides is 5. The lowest BCUT2D eigenvalue weighted by Gasteiger charge is -2.17. The lowest BCUT2D eigenvalue weighted by atomic mass is 9.98. The van der Waals surface area contributed by atoms with E-state index in [4.69, 9.17) is 20.9 Å². The van der Waals surface area contributed by atoms with E-state index in [2.05, 4.69) is 56.2 Å². The lowest BCUT2D eigenvalue weighted by Crippen LogP contribution is -2.28. The van der Waals surface area contributed by atoms with E-state index in [9.17, 15) is 24.6 Å². The number of benzene rings is 2. The molecular weight excluding hydrogens is 867 g/mol. The second-order valence-electron chi connectivity index (χ2n) is 16.4. The minimum atomic E-state index is -1.10. The molecule has 2 aliphatic heterocycles. The Morgan fingerprint density at radius 2 is 1.32 bits per heavy atom. The van der Waals surface area contributed by atoms with E-state index in [1.807, 2.05) is 31.2 Å². The van der Waals surface area contributed by atoms with Crippen LogP contribution < -0.4 is 32.7 Å². The van der Waals surface area contributed by atoms with E-state index >= 15 is 0 Å². The first-order valence-electron chi connectivity index (χ1n) is 21.6. The number of nitrogens with zero attached hydrogens (tertiary/aromatic N) is 6. The van der Waals surface area contributed by atoms with Gasteiger partial charge in [0.1, 0.15) is 11.2 Å². The highest BCUT2D eigenvalue weighted by molar-refractivity contribution is 8.13. The van der Waals surface area contributed by atoms with Crippen LogP contribution in [0.25, 0.3) is 33.3 Å². The number of aliphatic hydroxyl groups is 2. The maximum absolute atomic E-state index is 11.9. The summed E-state index contributed by atoms with van der Waals surface area (Å²) < 4.78 is 11.6. The lowest BCUT2D eigenvalue weighted by molar-refractivity contribution is -0.117. The van der Waals surface area contributed by atoms with Crippen LogP contribution >= 0.6 is 11.8 Å². The number of nitrogens with two attached hydrogens (primary N) is 2. The van der Waals surface area contributed by atoms with Gasteiger partial charge in [-0.2, -0.15) is 4.99 Å². The molecular formula is C45H61N13O7S. The number of imidazole rings is 1. The predicted molar refractivity (Wildman–Crippen MR) is 256 cm³/mol. The summed E-state index contributed by atoms with van der Waals surface area (Å²) in [6.07, 6.45) is 12.3. The second kappa shape index (κ2) is 22.8. The fourth-order valence-corrected chi connectivity index (χ4v) is 7.27. The van der Waals surface area contributed by atoms with Crippen molar-refractivity contribution in [1.29, 1.82) is 0 Å². The van der Waals surface area contributed by atoms with Crippen LogP contribution in [0.2, 0.25) is 0 Å². The smallest absolute Gasteiger partial charge is 0.343 e. The second-order valence-corrected chi connectivity index (χ2v) is 17.2. The maximum Gasteiger partial charge on any atom is 0.343 e. The molecule has 5 amide bonds. The SMILES string of the molecule is CC(C)(O)c1ncc(-c2cc(N)c(N)c(C3CCCO3)c2)cn1.CCNC(=O)N=C(NC(C)=O)SC.CCNC(=O)Nc1nc2c(C3CCCO3)cc(-c3cnc(C(C)(C)O)nc3)cc2[nH]1. The highest BCUT2D eigenvalue weighted by Crippen LogP contribution is 2.39. The minimum absolute atomic E-state index is 0.00573. The van der Waals surface area contributed by atoms with Gasteiger partial charge >= 0.3 is 12.1 Å². The number of carbonyl (C=O) groups is 3. The third-order valence-corrected chi connectivity index (χ3v) is 10.6. The first-order chi connectivity index (χ1) is 31.3. The molecule has 20 nitrogen and oxygen atoms in total. The molecule has 2 unspecified atom stereocenters. The Morgan fingerprint density at radius 1 is 0.803 bits per heavy atom. The summed E-state index contributed by atoms with van der Waals surface area (Å²) >= 11 is 1.21. The number of rotatable bonds is 9. The van der Waals surface area contributed by atoms with Crippen molar-refractivity contribution in [3.8, 4) is 22.3 Å². The number of nitrogen functional groups attached to an aromatic ring is 2. The van der Waals surface area contributed by atoms with Crippen molar-refractivity contribution < 1.29 is 34.1 Å². The highest BCUT2D eigenvalue weighted by atomic mass is 32.2. The van der Waals surface area contributed by atoms with Gasteiger partial charge < -0.3 is 52.1 Å². The summed E-state index contributed by atoms with van der Waals surface area (Å²) in [6, 6.07) is 7.04. The molecule has 5 aromatic rings. The normalized spacial score (nSPS) is 16.1. The molecule has 3 aromatic heterocycles. The molecule has 0 bridgehead atoms. The average Bonchev–Trinajstić information content (AvgIpc) is 4.08. The largest absolute Gasteiger partial charge is 0.397 e. The van der Waals surface area contributed by atoms with Gasteiger partial charge in [-0.1, -0.05) is 11.8 Å². The summed E-state index contributed by atoms with van der Waals surface area (Å²) in [6.45, 7) is 14.1. The Hall–Kier alpha value is -6.26. The number of aromatic nitrogens is 6. The van der Waals surface area contributed by atoms with Gasteiger partial charge in [-0.25, -0.2) is 34.5 Å². The zero-order valence-electron chi connectivity index (χ0n) is 38.6. The number of amidine groups is 1. The highest BCUT2D eigenvalue weighted by Gasteiger charge is 2.26. The van der Waals surface area contributed by atoms with Gasteiger partial charge in [0.25, 0.3) is 0 Å². The predicted octanol–water partition coefficient (Wildman–Crippen LogP) is 6.20. The van der Waals surface area contributed by atoms with Gasteiger partial charge in [0.2, 0.25) is 11.9 Å². The van der Waals surface area contributed by atoms with Crippen LogP contribution in [0.15, 0.2) is 54.0 Å². The quantitative estimate of drug-likeness (QED) is 0.0452. The fourth-order valence-electron chi connectivity index (χ4n) is 6.85. The summed E-state index contributed by atoms with van der Waals surface area (Å²) in [7, 11) is 0. The molecule has 2 aliphatic rings. The van der Waals surface area contributed by atoms with E-state index in [1.165, 1.54) is 18.7 Å². The molecule has 21 heteroatoms. The molecule has 2 fully saturated rings. The third kappa shape index (κ3) is 13.9. The molecule has 2 saturated heterocycles. The number of carbonyl (C=O) groups excluding carboxylic acids is 3. The Balaban J connectivity index is 0.000000201. The number of hydrogen-bond donors (Lipinski definition) is 9. The van der Waals surface area contributed by atoms with Crippen LogP contribution in [0, 0.1) is 0 Å². The van der Waals surface area contributed by atoms with Crippen LogP contribution in [0.3, 0.4) is 0 Å². The van der Waals surface area contributed by atoms with Crippen molar-refractivity contribution in [3.05, 3.63) is 71.8 Å². The van der Waals surface area contributed by atoms with Crippen molar-refractivity contribution in [2.45, 2.75) is 97.6 Å². The Labute approximate surface area is 388 Å². The summed E-state index contributed by atoms with van der Waals surface area (Å²) in [5.74, 6) is 0.879. The van der Waals surface area contributed by atoms with E-state index < -0.39 is 17.2 Å². The van der Waals surface area contributed by atoms with Crippen LogP contribution in [-0.2, 0) is 25.5 Å². The van der Waals surface area contributed by atoms with Gasteiger partial charge in [-0.15, -0.1) is 0 Å². The number of fused-ring (bicyclic) bond motifs is 1. The molecule has 5 heterocycles. The van der Waals surface area contributed by atoms with Crippen molar-refractivity contribution in [1.82, 2.24) is 45.9 Å². The van der Waals surface area contributed by atoms with Gasteiger partial charge in [-0.05, 0) is 109 Å². The summed E-state index contributed by atoms with van der Waals surface area (Å²) in [5.41, 5.74) is 18.0. The van der Waals surface area contributed by atoms with Gasteiger partial charge in [-0.3, -0.25) is 10.1 Å². The van der Waals surface area contributed by atoms with Crippen molar-refractivity contribution in [3.63, 3.8) is 0 Å². The minimum Gasteiger partial charge on any atom is -0.397 e. The molecule has 354 valence electrons. The van der Waals surface area contributed by atoms with Crippen LogP contribution in [-0.4, -0.2) is 95.8 Å². The molecule has 0 radical (unpaired) electrons. The fraction of sp³-hybridized carbons (Fsp3) is 0.444. The Bertz CT molecular complexity index is 2470. The number of thioether (sulfide) groups is 1. The average molecular weight is 928 g/mol. The first-order valence-corrected chi connectivity index (χ1v) is 22.8. The molecule has 0 spiro atoms. The van der Waals surface area contributed by atoms with Gasteiger partial charge in [0.05, 0.1) is 34.6 Å². The van der Waals surface area contributed by atoms with Crippen molar-refractivity contribution >= 4 is 63.3 Å². The Morgan fingerprint density at radius 3 is 1.79 bits per heavy atom. The van der Waals surface area contributed by atoms with Crippen LogP contribution in [0.5, 0.6) is 0 Å². The monoisotopic (exact) mass is 927 g/mol. The molecule has 2 atom stereocenters. The number of urea groups is 2. The molecule has 66 heavy (non-hydrogen) atoms. The molecule has 2 aromatic carbocycles. The summed E-state index contributed by atoms with van der Waals surface area (Å²) in [5, 5.41) is 30.7. The molecule has 0 aliphatic carbocycles. The number of aromatic amines is 1.